The number of nitrogens with one attached hydrogen (secondary N) is 15. The summed E-state index contributed by atoms with van der Waals surface area (Å²) in [7, 11) is 1.95. The number of nitrogens with zero attached hydrogens (tertiary/aromatic N) is 15. The van der Waals surface area contributed by atoms with Gasteiger partial charge in [-0.1, -0.05) is 146 Å². The molecule has 30 nitrogen and oxygen atoms in total. The Hall–Kier alpha value is -17.6. The highest BCUT2D eigenvalue weighted by molar-refractivity contribution is 6.02. The fourth-order valence-electron chi connectivity index (χ4n) is 19.2. The number of para-hydroxylation sites is 10. The minimum absolute atomic E-state index is 0.248. The van der Waals surface area contributed by atoms with E-state index in [4.69, 9.17) is 24.9 Å². The number of imidazole rings is 5. The molecule has 0 atom stereocenters. The van der Waals surface area contributed by atoms with E-state index in [9.17, 15) is 0 Å². The van der Waals surface area contributed by atoms with Crippen LogP contribution in [-0.4, -0.2) is 158 Å². The van der Waals surface area contributed by atoms with Crippen molar-refractivity contribution in [1.82, 2.24) is 152 Å². The summed E-state index contributed by atoms with van der Waals surface area (Å²) in [4.78, 5) is 63.0. The summed E-state index contributed by atoms with van der Waals surface area (Å²) in [5, 5.41) is 60.7. The molecule has 0 aliphatic rings. The maximum Gasteiger partial charge on any atom is 0.159 e. The van der Waals surface area contributed by atoms with Crippen LogP contribution >= 0.6 is 0 Å². The zero-order valence-electron chi connectivity index (χ0n) is 86.5. The van der Waals surface area contributed by atoms with Gasteiger partial charge in [0.15, 0.2) is 29.1 Å². The van der Waals surface area contributed by atoms with Crippen molar-refractivity contribution in [3.8, 4) is 113 Å². The van der Waals surface area contributed by atoms with E-state index < -0.39 is 0 Å². The summed E-state index contributed by atoms with van der Waals surface area (Å²) in [6.07, 6.45) is 19.4. The van der Waals surface area contributed by atoms with Crippen molar-refractivity contribution in [3.63, 3.8) is 0 Å². The average Bonchev–Trinajstić information content (AvgIpc) is 1.63. The van der Waals surface area contributed by atoms with Gasteiger partial charge in [-0.3, -0.25) is 50.4 Å². The van der Waals surface area contributed by atoms with E-state index >= 15 is 0 Å². The first-order valence-corrected chi connectivity index (χ1v) is 50.9. The molecule has 0 saturated carbocycles. The Labute approximate surface area is 866 Å². The molecule has 15 N–H and O–H groups in total. The lowest BCUT2D eigenvalue weighted by Crippen LogP contribution is -2.26. The topological polar surface area (TPSA) is 411 Å². The summed E-state index contributed by atoms with van der Waals surface area (Å²) in [5.74, 6) is 4.46. The number of hydrogen-bond acceptors (Lipinski definition) is 20. The first kappa shape index (κ1) is 98.5. The Bertz CT molecular complexity index is 8990. The molecule has 0 aliphatic heterocycles. The number of H-pyrrole nitrogens is 10. The van der Waals surface area contributed by atoms with Crippen molar-refractivity contribution in [2.75, 3.05) is 26.7 Å². The maximum atomic E-state index is 4.73. The molecule has 0 unspecified atom stereocenters. The van der Waals surface area contributed by atoms with Gasteiger partial charge in [-0.05, 0) is 271 Å². The highest BCUT2D eigenvalue weighted by Crippen LogP contribution is 2.41. The molecule has 25 rings (SSSR count). The van der Waals surface area contributed by atoms with Crippen LogP contribution in [0.5, 0.6) is 0 Å². The van der Waals surface area contributed by atoms with E-state index in [-0.39, 0.29) is 5.41 Å². The molecule has 15 aromatic heterocycles. The van der Waals surface area contributed by atoms with Crippen LogP contribution in [0.15, 0.2) is 274 Å². The number of hydrogen-bond donors (Lipinski definition) is 15. The highest BCUT2D eigenvalue weighted by Gasteiger charge is 2.24. The highest BCUT2D eigenvalue weighted by atomic mass is 15.2. The van der Waals surface area contributed by atoms with E-state index in [1.165, 1.54) is 55.6 Å². The molecule has 0 fully saturated rings. The monoisotopic (exact) mass is 1980 g/mol. The van der Waals surface area contributed by atoms with Gasteiger partial charge in [-0.15, -0.1) is 0 Å². The summed E-state index contributed by atoms with van der Waals surface area (Å²) >= 11 is 0. The first-order valence-electron chi connectivity index (χ1n) is 50.9. The van der Waals surface area contributed by atoms with E-state index in [1.54, 1.807) is 0 Å². The van der Waals surface area contributed by atoms with Gasteiger partial charge in [0.2, 0.25) is 0 Å². The smallest absolute Gasteiger partial charge is 0.159 e. The van der Waals surface area contributed by atoms with Crippen LogP contribution in [0, 0.1) is 46.0 Å². The number of aromatic nitrogens is 25. The van der Waals surface area contributed by atoms with E-state index in [0.29, 0.717) is 12.0 Å². The number of aromatic amines is 10. The normalized spacial score (nSPS) is 11.7. The SMILES string of the molecule is CCNCc1cncc(-c2ccc3[nH]nc(-c4nc5ccccc5[nH]4)c3c2)c1C.CNCc1cncc(-c2ccc3[nH]nc(-c4nc5ccccc5[nH]4)c3c2)c1C.Cc1c(CNC(C)C)cncc1-c1ccc2[nH]nc(-c3nc4ccccc4[nH]3)c2c1.Cc1c(CNCC(C)(C)C)cncc1-c1ccc2[nH]nc(-c3nc4ccccc4[nH]3)c2c1.Cc1c(CNCC(C)C)cncc1-c1ccc2[nH]nc(-c3nc4ccccc4[nH]3)c2c1. The summed E-state index contributed by atoms with van der Waals surface area (Å²) in [6.45, 7) is 35.3. The fraction of sp³-hybridized carbons (Fsp3) is 0.208. The van der Waals surface area contributed by atoms with Crippen LogP contribution in [0.25, 0.3) is 223 Å². The summed E-state index contributed by atoms with van der Waals surface area (Å²) < 4.78 is 0. The second-order valence-corrected chi connectivity index (χ2v) is 40.1. The molecular formula is C120H120N30. The van der Waals surface area contributed by atoms with E-state index in [0.717, 1.165) is 275 Å². The average molecular weight is 1980 g/mol. The molecule has 30 heteroatoms. The molecule has 25 aromatic rings. The lowest BCUT2D eigenvalue weighted by Gasteiger charge is -2.19. The van der Waals surface area contributed by atoms with Gasteiger partial charge >= 0.3 is 0 Å². The van der Waals surface area contributed by atoms with Gasteiger partial charge < -0.3 is 51.5 Å². The van der Waals surface area contributed by atoms with Crippen LogP contribution in [0.1, 0.15) is 111 Å². The van der Waals surface area contributed by atoms with Crippen molar-refractivity contribution in [2.24, 2.45) is 11.3 Å². The van der Waals surface area contributed by atoms with Gasteiger partial charge in [-0.25, -0.2) is 24.9 Å². The van der Waals surface area contributed by atoms with Crippen LogP contribution in [0.3, 0.4) is 0 Å². The Morgan fingerprint density at radius 2 is 0.527 bits per heavy atom. The summed E-state index contributed by atoms with van der Waals surface area (Å²) in [6, 6.07) is 72.3. The van der Waals surface area contributed by atoms with Crippen LogP contribution in [0.4, 0.5) is 0 Å². The Kier molecular flexibility index (Phi) is 28.4. The van der Waals surface area contributed by atoms with E-state index in [1.807, 2.05) is 190 Å². The molecule has 0 spiro atoms. The third-order valence-electron chi connectivity index (χ3n) is 27.5. The van der Waals surface area contributed by atoms with E-state index in [2.05, 4.69) is 308 Å². The quantitative estimate of drug-likeness (QED) is 0.0253. The number of pyridine rings is 5. The standard InChI is InChI=1S/C26H28N6.C25H26N6.C24H24N6.C23H22N6.C22H20N6/c1-16-18(13-28-15-26(2,3)4)12-27-14-20(16)17-9-10-21-19(11-17)24(32-31-21)25-29-22-7-5-6-8-23(22)30-25;1-15(2)11-26-12-18-13-27-14-20(16(18)3)17-8-9-21-19(10-17)24(31-30-21)25-28-22-6-4-5-7-23(22)29-25;1-14(2)26-12-17-11-25-13-19(15(17)3)16-8-9-20-18(10-16)23(30-29-20)24-27-21-6-4-5-7-22(21)28-24;1-3-24-11-16-12-25-13-18(14(16)2)15-8-9-19-17(10-15)22(29-28-19)23-26-20-6-4-5-7-21(20)27-23;1-13-15(10-23-2)11-24-12-17(13)14-7-8-18-16(9-14)21(28-27-18)22-25-19-5-3-4-6-20(19)26-22/h5-12,14,28H,13,15H2,1-4H3,(H,29,30)(H,31,32);4-10,13-15,26H,11-12H2,1-3H3,(H,28,29)(H,30,31);4-11,13-14,26H,12H2,1-3H3,(H,27,28)(H,29,30);4-10,12-13,24H,3,11H2,1-2H3,(H,26,27)(H,28,29);3-9,11-12,23H,10H2,1-2H3,(H,25,26)(H,27,28). The molecule has 0 bridgehead atoms. The van der Waals surface area contributed by atoms with Gasteiger partial charge in [0.25, 0.3) is 0 Å². The van der Waals surface area contributed by atoms with Crippen molar-refractivity contribution >= 4 is 110 Å². The second kappa shape index (κ2) is 43.2. The predicted octanol–water partition coefficient (Wildman–Crippen LogP) is 24.6. The minimum Gasteiger partial charge on any atom is -0.337 e. The Morgan fingerprint density at radius 3 is 0.767 bits per heavy atom. The Balaban J connectivity index is 0.000000110. The molecule has 150 heavy (non-hydrogen) atoms. The number of benzene rings is 10. The van der Waals surface area contributed by atoms with Gasteiger partial charge in [0.1, 0.15) is 28.5 Å². The molecular weight excluding hydrogens is 1860 g/mol. The third-order valence-corrected chi connectivity index (χ3v) is 27.5. The summed E-state index contributed by atoms with van der Waals surface area (Å²) in [5.41, 5.74) is 42.6. The number of fused-ring (bicyclic) bond motifs is 10. The number of rotatable bonds is 25. The lowest BCUT2D eigenvalue weighted by molar-refractivity contribution is 0.379. The molecule has 750 valence electrons. The van der Waals surface area contributed by atoms with Crippen LogP contribution in [-0.2, 0) is 32.7 Å². The largest absolute Gasteiger partial charge is 0.337 e. The molecule has 10 aromatic carbocycles. The lowest BCUT2D eigenvalue weighted by atomic mass is 9.96. The fourth-order valence-corrected chi connectivity index (χ4v) is 19.2. The molecule has 15 heterocycles. The van der Waals surface area contributed by atoms with Gasteiger partial charge in [-0.2, -0.15) is 25.5 Å². The molecule has 0 saturated heterocycles. The molecule has 0 aliphatic carbocycles. The maximum absolute atomic E-state index is 4.73. The minimum atomic E-state index is 0.248. The molecule has 0 amide bonds. The van der Waals surface area contributed by atoms with Crippen LogP contribution in [0.2, 0.25) is 0 Å². The second-order valence-electron chi connectivity index (χ2n) is 40.1. The Morgan fingerprint density at radius 1 is 0.280 bits per heavy atom. The van der Waals surface area contributed by atoms with Crippen LogP contribution < -0.4 is 26.6 Å². The predicted molar refractivity (Wildman–Crippen MR) is 606 cm³/mol. The van der Waals surface area contributed by atoms with Crippen molar-refractivity contribution in [1.29, 1.82) is 0 Å². The van der Waals surface area contributed by atoms with Crippen molar-refractivity contribution in [3.05, 3.63) is 330 Å². The zero-order chi connectivity index (χ0) is 103. The zero-order valence-corrected chi connectivity index (χ0v) is 86.5. The third kappa shape index (κ3) is 21.0. The molecule has 0 radical (unpaired) electrons. The first-order chi connectivity index (χ1) is 73.1. The van der Waals surface area contributed by atoms with Crippen molar-refractivity contribution < 1.29 is 0 Å². The van der Waals surface area contributed by atoms with Crippen molar-refractivity contribution in [2.45, 2.75) is 129 Å². The van der Waals surface area contributed by atoms with Gasteiger partial charge in [0.05, 0.1) is 82.8 Å². The van der Waals surface area contributed by atoms with Gasteiger partial charge in [0, 0.05) is 162 Å².